The van der Waals surface area contributed by atoms with Crippen LogP contribution in [0.1, 0.15) is 16.1 Å². The lowest BCUT2D eigenvalue weighted by atomic mass is 10.2. The Morgan fingerprint density at radius 2 is 1.96 bits per heavy atom. The normalized spacial score (nSPS) is 10.4. The molecular formula is C18H17N3O3S. The van der Waals surface area contributed by atoms with Gasteiger partial charge in [-0.15, -0.1) is 11.3 Å². The van der Waals surface area contributed by atoms with Crippen LogP contribution in [0.15, 0.2) is 42.0 Å². The first-order valence-electron chi connectivity index (χ1n) is 7.52. The number of hydrogen-bond donors (Lipinski definition) is 1. The highest BCUT2D eigenvalue weighted by atomic mass is 32.1. The number of amides is 1. The van der Waals surface area contributed by atoms with Gasteiger partial charge in [-0.2, -0.15) is 0 Å². The number of aryl methyl sites for hydroxylation is 1. The van der Waals surface area contributed by atoms with Gasteiger partial charge in [-0.3, -0.25) is 9.78 Å². The van der Waals surface area contributed by atoms with Gasteiger partial charge in [0.2, 0.25) is 0 Å². The summed E-state index contributed by atoms with van der Waals surface area (Å²) in [6.45, 7) is 1.89. The lowest BCUT2D eigenvalue weighted by Gasteiger charge is -2.08. The Morgan fingerprint density at radius 3 is 2.68 bits per heavy atom. The van der Waals surface area contributed by atoms with Gasteiger partial charge in [0, 0.05) is 29.0 Å². The van der Waals surface area contributed by atoms with Gasteiger partial charge in [0.05, 0.1) is 14.2 Å². The number of hydrogen-bond acceptors (Lipinski definition) is 6. The molecule has 7 heteroatoms. The number of nitrogens with one attached hydrogen (secondary N) is 1. The number of carbonyl (C=O) groups is 1. The number of carbonyl (C=O) groups excluding carboxylic acids is 1. The van der Waals surface area contributed by atoms with Gasteiger partial charge >= 0.3 is 0 Å². The predicted octanol–water partition coefficient (Wildman–Crippen LogP) is 3.78. The molecule has 128 valence electrons. The lowest BCUT2D eigenvalue weighted by molar-refractivity contribution is 0.102. The van der Waals surface area contributed by atoms with Crippen molar-refractivity contribution < 1.29 is 14.3 Å². The minimum Gasteiger partial charge on any atom is -0.493 e. The number of thiazole rings is 1. The molecular weight excluding hydrogens is 338 g/mol. The fraction of sp³-hybridized carbons (Fsp3) is 0.167. The summed E-state index contributed by atoms with van der Waals surface area (Å²) in [5.74, 6) is 1.01. The van der Waals surface area contributed by atoms with Crippen molar-refractivity contribution in [1.82, 2.24) is 9.97 Å². The molecule has 2 heterocycles. The van der Waals surface area contributed by atoms with E-state index in [0.29, 0.717) is 17.2 Å². The summed E-state index contributed by atoms with van der Waals surface area (Å²) in [6.07, 6.45) is 3.34. The fourth-order valence-corrected chi connectivity index (χ4v) is 3.08. The second kappa shape index (κ2) is 7.31. The molecule has 0 aliphatic carbocycles. The van der Waals surface area contributed by atoms with Crippen LogP contribution in [-0.2, 0) is 0 Å². The molecule has 1 aromatic carbocycles. The first-order valence-corrected chi connectivity index (χ1v) is 8.40. The molecule has 1 amide bonds. The van der Waals surface area contributed by atoms with Crippen molar-refractivity contribution in [2.24, 2.45) is 0 Å². The van der Waals surface area contributed by atoms with E-state index in [1.54, 1.807) is 38.1 Å². The number of ether oxygens (including phenoxy) is 2. The second-order valence-electron chi connectivity index (χ2n) is 5.25. The molecule has 0 unspecified atom stereocenters. The van der Waals surface area contributed by atoms with Crippen molar-refractivity contribution in [2.45, 2.75) is 6.92 Å². The zero-order valence-corrected chi connectivity index (χ0v) is 14.9. The molecule has 2 aromatic heterocycles. The highest BCUT2D eigenvalue weighted by molar-refractivity contribution is 7.13. The van der Waals surface area contributed by atoms with Crippen LogP contribution >= 0.6 is 11.3 Å². The van der Waals surface area contributed by atoms with Crippen LogP contribution in [0.2, 0.25) is 0 Å². The van der Waals surface area contributed by atoms with Gasteiger partial charge in [0.25, 0.3) is 5.91 Å². The molecule has 25 heavy (non-hydrogen) atoms. The third-order valence-corrected chi connectivity index (χ3v) is 4.53. The molecule has 0 bridgehead atoms. The third-order valence-electron chi connectivity index (χ3n) is 3.64. The molecule has 0 saturated heterocycles. The fourth-order valence-electron chi connectivity index (χ4n) is 2.28. The first-order chi connectivity index (χ1) is 12.1. The Morgan fingerprint density at radius 1 is 1.16 bits per heavy atom. The van der Waals surface area contributed by atoms with E-state index >= 15 is 0 Å². The zero-order valence-electron chi connectivity index (χ0n) is 14.1. The van der Waals surface area contributed by atoms with E-state index < -0.39 is 0 Å². The van der Waals surface area contributed by atoms with E-state index in [0.717, 1.165) is 21.8 Å². The molecule has 3 aromatic rings. The van der Waals surface area contributed by atoms with Gasteiger partial charge in [-0.05, 0) is 36.8 Å². The summed E-state index contributed by atoms with van der Waals surface area (Å²) >= 11 is 1.40. The van der Waals surface area contributed by atoms with Gasteiger partial charge in [-0.25, -0.2) is 4.98 Å². The van der Waals surface area contributed by atoms with Gasteiger partial charge in [0.1, 0.15) is 10.7 Å². The van der Waals surface area contributed by atoms with Crippen molar-refractivity contribution >= 4 is 22.9 Å². The topological polar surface area (TPSA) is 73.3 Å². The van der Waals surface area contributed by atoms with E-state index in [1.807, 2.05) is 25.1 Å². The van der Waals surface area contributed by atoms with E-state index in [2.05, 4.69) is 15.3 Å². The number of methoxy groups -OCH3 is 2. The minimum atomic E-state index is -0.253. The number of benzene rings is 1. The Balaban J connectivity index is 1.83. The Hall–Kier alpha value is -2.93. The molecule has 0 spiro atoms. The van der Waals surface area contributed by atoms with E-state index in [-0.39, 0.29) is 5.91 Å². The van der Waals surface area contributed by atoms with Crippen LogP contribution in [0.3, 0.4) is 0 Å². The minimum absolute atomic E-state index is 0.253. The van der Waals surface area contributed by atoms with E-state index in [4.69, 9.17) is 9.47 Å². The highest BCUT2D eigenvalue weighted by Crippen LogP contribution is 2.33. The van der Waals surface area contributed by atoms with Crippen LogP contribution in [0.5, 0.6) is 11.5 Å². The second-order valence-corrected chi connectivity index (χ2v) is 6.11. The highest BCUT2D eigenvalue weighted by Gasteiger charge is 2.14. The summed E-state index contributed by atoms with van der Waals surface area (Å²) in [5.41, 5.74) is 2.85. The Bertz CT molecular complexity index is 908. The number of pyridine rings is 1. The molecule has 0 radical (unpaired) electrons. The molecule has 0 fully saturated rings. The zero-order chi connectivity index (χ0) is 17.8. The van der Waals surface area contributed by atoms with Crippen molar-refractivity contribution in [3.8, 4) is 22.1 Å². The number of anilines is 1. The number of nitrogens with zero attached hydrogens (tertiary/aromatic N) is 2. The van der Waals surface area contributed by atoms with Crippen LogP contribution < -0.4 is 14.8 Å². The average Bonchev–Trinajstić information content (AvgIpc) is 3.13. The molecule has 0 atom stereocenters. The van der Waals surface area contributed by atoms with E-state index in [1.165, 1.54) is 11.3 Å². The summed E-state index contributed by atoms with van der Waals surface area (Å²) in [4.78, 5) is 20.8. The van der Waals surface area contributed by atoms with Crippen LogP contribution in [0.25, 0.3) is 10.6 Å². The van der Waals surface area contributed by atoms with Gasteiger partial charge < -0.3 is 14.8 Å². The molecule has 0 saturated carbocycles. The van der Waals surface area contributed by atoms with Gasteiger partial charge in [0.15, 0.2) is 11.5 Å². The summed E-state index contributed by atoms with van der Waals surface area (Å²) in [6, 6.07) is 7.30. The number of rotatable bonds is 5. The van der Waals surface area contributed by atoms with Crippen molar-refractivity contribution in [3.05, 3.63) is 53.3 Å². The van der Waals surface area contributed by atoms with Crippen molar-refractivity contribution in [2.75, 3.05) is 19.5 Å². The summed E-state index contributed by atoms with van der Waals surface area (Å²) < 4.78 is 10.5. The Kier molecular flexibility index (Phi) is 4.95. The van der Waals surface area contributed by atoms with Crippen LogP contribution in [0, 0.1) is 6.92 Å². The Labute approximate surface area is 149 Å². The van der Waals surface area contributed by atoms with E-state index in [9.17, 15) is 4.79 Å². The monoisotopic (exact) mass is 355 g/mol. The van der Waals surface area contributed by atoms with Crippen LogP contribution in [-0.4, -0.2) is 30.1 Å². The van der Waals surface area contributed by atoms with Crippen molar-refractivity contribution in [1.29, 1.82) is 0 Å². The molecule has 1 N–H and O–H groups in total. The lowest BCUT2D eigenvalue weighted by Crippen LogP contribution is -2.13. The first kappa shape index (κ1) is 16.9. The van der Waals surface area contributed by atoms with Gasteiger partial charge in [-0.1, -0.05) is 0 Å². The molecule has 0 aliphatic rings. The quantitative estimate of drug-likeness (QED) is 0.754. The summed E-state index contributed by atoms with van der Waals surface area (Å²) in [7, 11) is 3.17. The maximum absolute atomic E-state index is 12.4. The molecule has 3 rings (SSSR count). The molecule has 6 nitrogen and oxygen atoms in total. The SMILES string of the molecule is COc1ccc(-c2nc(C(=O)Nc3ccncc3C)cs2)cc1OC. The maximum atomic E-state index is 12.4. The van der Waals surface area contributed by atoms with Crippen molar-refractivity contribution in [3.63, 3.8) is 0 Å². The maximum Gasteiger partial charge on any atom is 0.275 e. The predicted molar refractivity (Wildman–Crippen MR) is 97.6 cm³/mol. The summed E-state index contributed by atoms with van der Waals surface area (Å²) in [5, 5.41) is 5.32. The third kappa shape index (κ3) is 3.61. The molecule has 0 aliphatic heterocycles. The number of aromatic nitrogens is 2. The average molecular weight is 355 g/mol. The largest absolute Gasteiger partial charge is 0.493 e. The standard InChI is InChI=1S/C18H17N3O3S/c1-11-9-19-7-6-13(11)20-17(22)14-10-25-18(21-14)12-4-5-15(23-2)16(8-12)24-3/h4-10H,1-3H3,(H,19,20,22). The smallest absolute Gasteiger partial charge is 0.275 e. The van der Waals surface area contributed by atoms with Crippen LogP contribution in [0.4, 0.5) is 5.69 Å².